The minimum Gasteiger partial charge on any atom is -0.372 e. The van der Waals surface area contributed by atoms with Crippen LogP contribution in [0.4, 0.5) is 0 Å². The van der Waals surface area contributed by atoms with E-state index in [0.717, 1.165) is 17.8 Å². The lowest BCUT2D eigenvalue weighted by molar-refractivity contribution is -0.106. The number of hydrogen-bond acceptors (Lipinski definition) is 2. The van der Waals surface area contributed by atoms with Crippen molar-refractivity contribution in [3.63, 3.8) is 0 Å². The lowest BCUT2D eigenvalue weighted by Gasteiger charge is -2.55. The third-order valence-electron chi connectivity index (χ3n) is 7.85. The van der Waals surface area contributed by atoms with E-state index in [1.165, 1.54) is 64.2 Å². The molecule has 3 heteroatoms. The first-order chi connectivity index (χ1) is 15.6. The summed E-state index contributed by atoms with van der Waals surface area (Å²) in [5.41, 5.74) is 14.0. The quantitative estimate of drug-likeness (QED) is 0.376. The number of hydrogen-bond donors (Lipinski definition) is 2. The summed E-state index contributed by atoms with van der Waals surface area (Å²) in [6, 6.07) is 11.9. The number of rotatable bonds is 3. The molecule has 0 aromatic heterocycles. The molecule has 186 valence electrons. The van der Waals surface area contributed by atoms with Gasteiger partial charge in [-0.15, -0.1) is 0 Å². The van der Waals surface area contributed by atoms with Crippen LogP contribution in [-0.2, 0) is 10.2 Å². The number of nitrogens with two attached hydrogens (primary N) is 2. The molecule has 3 saturated carbocycles. The van der Waals surface area contributed by atoms with Gasteiger partial charge in [0.05, 0.1) is 0 Å². The standard InChI is InChI=1S/C23H34.C6H13N.CH3NO/c1-17(2)11-12-21-18(3)13-23(20-9-7-6-8-10-20)15-19(21)14-22(4,5)16-23;7-6-4-2-1-3-5-6;2-1-3/h6-10,12,17-19H,11,13-16H2,1-5H3;6H,1-5,7H2;1H,(H2,2,3)/b21-12+;;. The second-order valence-electron chi connectivity index (χ2n) is 12.1. The van der Waals surface area contributed by atoms with Gasteiger partial charge < -0.3 is 11.5 Å². The van der Waals surface area contributed by atoms with Gasteiger partial charge in [0.1, 0.15) is 0 Å². The molecule has 1 amide bonds. The maximum Gasteiger partial charge on any atom is 0.204 e. The van der Waals surface area contributed by atoms with Gasteiger partial charge in [0, 0.05) is 6.04 Å². The summed E-state index contributed by atoms with van der Waals surface area (Å²) in [5.74, 6) is 2.30. The van der Waals surface area contributed by atoms with E-state index in [9.17, 15) is 0 Å². The molecular weight excluding hydrogens is 404 g/mol. The fourth-order valence-electron chi connectivity index (χ4n) is 6.77. The molecule has 33 heavy (non-hydrogen) atoms. The van der Waals surface area contributed by atoms with Crippen LogP contribution in [0.15, 0.2) is 42.0 Å². The molecule has 3 aliphatic carbocycles. The van der Waals surface area contributed by atoms with Crippen molar-refractivity contribution in [2.24, 2.45) is 34.6 Å². The van der Waals surface area contributed by atoms with Crippen molar-refractivity contribution in [3.05, 3.63) is 47.5 Å². The number of benzene rings is 1. The molecule has 1 aromatic rings. The Balaban J connectivity index is 0.000000321. The van der Waals surface area contributed by atoms with Crippen molar-refractivity contribution >= 4 is 6.41 Å². The van der Waals surface area contributed by atoms with Crippen LogP contribution in [0.25, 0.3) is 0 Å². The fraction of sp³-hybridized carbons (Fsp3) is 0.700. The van der Waals surface area contributed by atoms with Crippen LogP contribution in [0.2, 0.25) is 0 Å². The van der Waals surface area contributed by atoms with E-state index in [4.69, 9.17) is 10.5 Å². The number of carbonyl (C=O) groups is 1. The molecule has 2 bridgehead atoms. The van der Waals surface area contributed by atoms with Crippen molar-refractivity contribution in [2.45, 2.75) is 110 Å². The molecule has 3 atom stereocenters. The largest absolute Gasteiger partial charge is 0.372 e. The minimum absolute atomic E-state index is 0.250. The van der Waals surface area contributed by atoms with Crippen molar-refractivity contribution < 1.29 is 4.79 Å². The van der Waals surface area contributed by atoms with Crippen LogP contribution in [0.5, 0.6) is 0 Å². The zero-order valence-corrected chi connectivity index (χ0v) is 22.0. The van der Waals surface area contributed by atoms with Crippen molar-refractivity contribution in [2.75, 3.05) is 0 Å². The topological polar surface area (TPSA) is 69.1 Å². The molecule has 3 nitrogen and oxygen atoms in total. The maximum atomic E-state index is 8.58. The number of fused-ring (bicyclic) bond motifs is 2. The SMILES string of the molecule is CC(C)C/C=C1\C(C)CC2(c3ccccc3)CC1CC(C)(C)C2.NC1CCCCC1.NC=O. The van der Waals surface area contributed by atoms with Gasteiger partial charge >= 0.3 is 0 Å². The summed E-state index contributed by atoms with van der Waals surface area (Å²) in [6.07, 6.45) is 16.2. The average Bonchev–Trinajstić information content (AvgIpc) is 2.74. The second kappa shape index (κ2) is 12.7. The highest BCUT2D eigenvalue weighted by Crippen LogP contribution is 2.59. The number of primary amides is 1. The predicted octanol–water partition coefficient (Wildman–Crippen LogP) is 7.14. The maximum absolute atomic E-state index is 8.58. The zero-order chi connectivity index (χ0) is 24.5. The number of carbonyl (C=O) groups excluding carboxylic acids is 1. The Hall–Kier alpha value is -1.61. The van der Waals surface area contributed by atoms with E-state index < -0.39 is 0 Å². The number of amides is 1. The van der Waals surface area contributed by atoms with Gasteiger partial charge in [-0.2, -0.15) is 0 Å². The van der Waals surface area contributed by atoms with E-state index in [2.05, 4.69) is 76.8 Å². The molecule has 0 radical (unpaired) electrons. The molecule has 3 unspecified atom stereocenters. The molecule has 0 aliphatic heterocycles. The molecule has 4 N–H and O–H groups in total. The third-order valence-corrected chi connectivity index (χ3v) is 7.85. The van der Waals surface area contributed by atoms with Crippen molar-refractivity contribution in [3.8, 4) is 0 Å². The Labute approximate surface area is 203 Å². The molecular formula is C30H50N2O. The van der Waals surface area contributed by atoms with Crippen LogP contribution in [0, 0.1) is 23.2 Å². The summed E-state index contributed by atoms with van der Waals surface area (Å²) < 4.78 is 0. The highest BCUT2D eigenvalue weighted by molar-refractivity contribution is 5.42. The predicted molar refractivity (Wildman–Crippen MR) is 142 cm³/mol. The summed E-state index contributed by atoms with van der Waals surface area (Å²) in [5, 5.41) is 0. The lowest BCUT2D eigenvalue weighted by atomic mass is 9.49. The van der Waals surface area contributed by atoms with Crippen LogP contribution in [0.1, 0.15) is 104 Å². The van der Waals surface area contributed by atoms with Gasteiger partial charge in [0.2, 0.25) is 6.41 Å². The first-order valence-corrected chi connectivity index (χ1v) is 13.3. The molecule has 3 fully saturated rings. The Morgan fingerprint density at radius 2 is 1.64 bits per heavy atom. The van der Waals surface area contributed by atoms with Crippen molar-refractivity contribution in [1.82, 2.24) is 0 Å². The molecule has 3 aliphatic rings. The highest BCUT2D eigenvalue weighted by Gasteiger charge is 2.50. The van der Waals surface area contributed by atoms with Gasteiger partial charge in [-0.05, 0) is 79.1 Å². The van der Waals surface area contributed by atoms with Crippen LogP contribution >= 0.6 is 0 Å². The Morgan fingerprint density at radius 1 is 1.03 bits per heavy atom. The molecule has 0 heterocycles. The normalized spacial score (nSPS) is 30.0. The first-order valence-electron chi connectivity index (χ1n) is 13.3. The first kappa shape index (κ1) is 27.6. The second-order valence-corrected chi connectivity index (χ2v) is 12.1. The Morgan fingerprint density at radius 3 is 2.15 bits per heavy atom. The minimum atomic E-state index is 0.250. The number of allylic oxidation sites excluding steroid dienone is 2. The van der Waals surface area contributed by atoms with E-state index in [-0.39, 0.29) is 6.41 Å². The van der Waals surface area contributed by atoms with Gasteiger partial charge in [-0.1, -0.05) is 95.9 Å². The molecule has 1 aromatic carbocycles. The van der Waals surface area contributed by atoms with E-state index >= 15 is 0 Å². The summed E-state index contributed by atoms with van der Waals surface area (Å²) in [4.78, 5) is 8.58. The summed E-state index contributed by atoms with van der Waals surface area (Å²) >= 11 is 0. The smallest absolute Gasteiger partial charge is 0.204 e. The summed E-state index contributed by atoms with van der Waals surface area (Å²) in [6.45, 7) is 12.1. The van der Waals surface area contributed by atoms with Crippen LogP contribution in [-0.4, -0.2) is 12.5 Å². The molecule has 4 rings (SSSR count). The molecule has 0 spiro atoms. The average molecular weight is 455 g/mol. The fourth-order valence-corrected chi connectivity index (χ4v) is 6.77. The van der Waals surface area contributed by atoms with E-state index in [0.29, 0.717) is 16.9 Å². The van der Waals surface area contributed by atoms with Gasteiger partial charge in [-0.25, -0.2) is 0 Å². The zero-order valence-electron chi connectivity index (χ0n) is 22.0. The van der Waals surface area contributed by atoms with Crippen LogP contribution in [0.3, 0.4) is 0 Å². The highest BCUT2D eigenvalue weighted by atomic mass is 16.1. The van der Waals surface area contributed by atoms with Gasteiger partial charge in [0.25, 0.3) is 0 Å². The lowest BCUT2D eigenvalue weighted by Crippen LogP contribution is -2.46. The Kier molecular flexibility index (Phi) is 10.7. The third kappa shape index (κ3) is 8.28. The van der Waals surface area contributed by atoms with E-state index in [1.807, 2.05) is 0 Å². The monoisotopic (exact) mass is 454 g/mol. The Bertz CT molecular complexity index is 729. The van der Waals surface area contributed by atoms with Gasteiger partial charge in [-0.3, -0.25) is 4.79 Å². The van der Waals surface area contributed by atoms with Gasteiger partial charge in [0.15, 0.2) is 0 Å². The van der Waals surface area contributed by atoms with Crippen molar-refractivity contribution in [1.29, 1.82) is 0 Å². The molecule has 0 saturated heterocycles. The van der Waals surface area contributed by atoms with E-state index in [1.54, 1.807) is 11.1 Å². The summed E-state index contributed by atoms with van der Waals surface area (Å²) in [7, 11) is 0. The van der Waals surface area contributed by atoms with Crippen LogP contribution < -0.4 is 11.5 Å².